The van der Waals surface area contributed by atoms with Gasteiger partial charge in [0.1, 0.15) is 0 Å². The lowest BCUT2D eigenvalue weighted by atomic mass is 10.0. The molecular weight excluding hydrogens is 292 g/mol. The van der Waals surface area contributed by atoms with Crippen LogP contribution in [0.5, 0.6) is 5.88 Å². The second-order valence-electron chi connectivity index (χ2n) is 6.02. The molecule has 0 spiro atoms. The summed E-state index contributed by atoms with van der Waals surface area (Å²) in [5, 5.41) is 4.48. The summed E-state index contributed by atoms with van der Waals surface area (Å²) in [4.78, 5) is 13.4. The molecule has 0 bridgehead atoms. The highest BCUT2D eigenvalue weighted by atomic mass is 16.5. The summed E-state index contributed by atoms with van der Waals surface area (Å²) in [6.07, 6.45) is 6.06. The number of nitrogens with zero attached hydrogens (tertiary/aromatic N) is 6. The summed E-state index contributed by atoms with van der Waals surface area (Å²) in [5.74, 6) is 1.32. The lowest BCUT2D eigenvalue weighted by Gasteiger charge is -2.37. The van der Waals surface area contributed by atoms with Crippen molar-refractivity contribution in [2.75, 3.05) is 32.1 Å². The molecule has 1 unspecified atom stereocenters. The molecule has 3 heterocycles. The molecule has 0 amide bonds. The van der Waals surface area contributed by atoms with Crippen LogP contribution in [-0.4, -0.2) is 57.9 Å². The lowest BCUT2D eigenvalue weighted by molar-refractivity contribution is 0.195. The van der Waals surface area contributed by atoms with Gasteiger partial charge in [0.2, 0.25) is 11.8 Å². The molecule has 1 saturated heterocycles. The number of ether oxygens (including phenoxy) is 1. The zero-order chi connectivity index (χ0) is 16.2. The third kappa shape index (κ3) is 3.79. The first-order chi connectivity index (χ1) is 11.2. The molecule has 23 heavy (non-hydrogen) atoms. The molecule has 2 aromatic heterocycles. The van der Waals surface area contributed by atoms with Crippen LogP contribution in [0.15, 0.2) is 24.5 Å². The molecule has 2 aromatic rings. The largest absolute Gasteiger partial charge is 0.481 e. The van der Waals surface area contributed by atoms with Crippen LogP contribution in [0.4, 0.5) is 5.95 Å². The molecule has 0 saturated carbocycles. The van der Waals surface area contributed by atoms with Crippen LogP contribution < -0.4 is 9.64 Å². The van der Waals surface area contributed by atoms with E-state index in [1.54, 1.807) is 19.4 Å². The smallest absolute Gasteiger partial charge is 0.228 e. The molecule has 0 radical (unpaired) electrons. The molecule has 1 aliphatic rings. The van der Waals surface area contributed by atoms with Crippen molar-refractivity contribution in [2.24, 2.45) is 7.05 Å². The minimum Gasteiger partial charge on any atom is -0.481 e. The van der Waals surface area contributed by atoms with E-state index in [0.29, 0.717) is 17.9 Å². The van der Waals surface area contributed by atoms with Gasteiger partial charge in [-0.05, 0) is 25.5 Å². The van der Waals surface area contributed by atoms with Gasteiger partial charge in [0.05, 0.1) is 12.8 Å². The summed E-state index contributed by atoms with van der Waals surface area (Å²) in [7, 11) is 5.64. The first-order valence-corrected chi connectivity index (χ1v) is 7.96. The van der Waals surface area contributed by atoms with Crippen molar-refractivity contribution in [1.29, 1.82) is 0 Å². The Morgan fingerprint density at radius 1 is 1.39 bits per heavy atom. The summed E-state index contributed by atoms with van der Waals surface area (Å²) in [6, 6.07) is 4.25. The van der Waals surface area contributed by atoms with Crippen LogP contribution in [-0.2, 0) is 13.6 Å². The van der Waals surface area contributed by atoms with E-state index in [0.717, 1.165) is 31.7 Å². The van der Waals surface area contributed by atoms with Crippen LogP contribution in [0.1, 0.15) is 18.5 Å². The number of aryl methyl sites for hydroxylation is 1. The first kappa shape index (κ1) is 15.7. The normalized spacial score (nSPS) is 18.8. The van der Waals surface area contributed by atoms with Crippen molar-refractivity contribution in [3.05, 3.63) is 30.2 Å². The summed E-state index contributed by atoms with van der Waals surface area (Å²) in [5.41, 5.74) is 1.12. The monoisotopic (exact) mass is 316 g/mol. The third-order valence-electron chi connectivity index (χ3n) is 4.32. The number of anilines is 1. The number of rotatable bonds is 5. The van der Waals surface area contributed by atoms with Gasteiger partial charge in [0.25, 0.3) is 0 Å². The number of likely N-dealkylation sites (N-methyl/N-ethyl adjacent to an activating group) is 1. The van der Waals surface area contributed by atoms with E-state index < -0.39 is 0 Å². The van der Waals surface area contributed by atoms with Gasteiger partial charge in [0.15, 0.2) is 0 Å². The van der Waals surface area contributed by atoms with E-state index in [1.807, 2.05) is 17.9 Å². The highest BCUT2D eigenvalue weighted by Gasteiger charge is 2.25. The molecule has 1 aliphatic heterocycles. The van der Waals surface area contributed by atoms with E-state index in [2.05, 4.69) is 38.0 Å². The van der Waals surface area contributed by atoms with Gasteiger partial charge >= 0.3 is 0 Å². The number of piperidine rings is 1. The molecule has 0 aromatic carbocycles. The minimum absolute atomic E-state index is 0.402. The number of hydrogen-bond acceptors (Lipinski definition) is 6. The topological polar surface area (TPSA) is 59.3 Å². The summed E-state index contributed by atoms with van der Waals surface area (Å²) >= 11 is 0. The van der Waals surface area contributed by atoms with E-state index in [4.69, 9.17) is 4.74 Å². The average molecular weight is 316 g/mol. The Morgan fingerprint density at radius 2 is 2.26 bits per heavy atom. The Balaban J connectivity index is 1.65. The van der Waals surface area contributed by atoms with Crippen LogP contribution in [0, 0.1) is 0 Å². The third-order valence-corrected chi connectivity index (χ3v) is 4.32. The summed E-state index contributed by atoms with van der Waals surface area (Å²) < 4.78 is 7.05. The maximum absolute atomic E-state index is 5.20. The van der Waals surface area contributed by atoms with Gasteiger partial charge in [-0.3, -0.25) is 9.58 Å². The molecule has 7 nitrogen and oxygen atoms in total. The number of aromatic nitrogens is 4. The van der Waals surface area contributed by atoms with Crippen molar-refractivity contribution in [2.45, 2.75) is 25.4 Å². The van der Waals surface area contributed by atoms with E-state index >= 15 is 0 Å². The molecular formula is C16H24N6O. The molecule has 1 atom stereocenters. The van der Waals surface area contributed by atoms with Gasteiger partial charge in [0, 0.05) is 51.7 Å². The number of likely N-dealkylation sites (tertiary alicyclic amines) is 1. The van der Waals surface area contributed by atoms with Gasteiger partial charge in [-0.1, -0.05) is 0 Å². The van der Waals surface area contributed by atoms with Crippen LogP contribution in [0.3, 0.4) is 0 Å². The van der Waals surface area contributed by atoms with Crippen LogP contribution in [0.25, 0.3) is 0 Å². The van der Waals surface area contributed by atoms with Gasteiger partial charge in [-0.15, -0.1) is 0 Å². The Bertz CT molecular complexity index is 643. The fraction of sp³-hybridized carbons (Fsp3) is 0.562. The van der Waals surface area contributed by atoms with Crippen molar-refractivity contribution < 1.29 is 4.74 Å². The molecule has 7 heteroatoms. The second-order valence-corrected chi connectivity index (χ2v) is 6.02. The molecule has 1 fully saturated rings. The van der Waals surface area contributed by atoms with Crippen molar-refractivity contribution in [1.82, 2.24) is 24.6 Å². The fourth-order valence-corrected chi connectivity index (χ4v) is 3.05. The van der Waals surface area contributed by atoms with Crippen LogP contribution >= 0.6 is 0 Å². The molecule has 3 rings (SSSR count). The first-order valence-electron chi connectivity index (χ1n) is 7.96. The Kier molecular flexibility index (Phi) is 4.76. The van der Waals surface area contributed by atoms with Gasteiger partial charge in [-0.25, -0.2) is 4.98 Å². The zero-order valence-corrected chi connectivity index (χ0v) is 14.0. The Labute approximate surface area is 136 Å². The summed E-state index contributed by atoms with van der Waals surface area (Å²) in [6.45, 7) is 3.00. The average Bonchev–Trinajstić information content (AvgIpc) is 2.99. The zero-order valence-electron chi connectivity index (χ0n) is 14.0. The Morgan fingerprint density at radius 3 is 3.00 bits per heavy atom. The SMILES string of the molecule is COc1ccnc(N(C)C2CCCN(Cc3ccn(C)n3)C2)n1. The predicted octanol–water partition coefficient (Wildman–Crippen LogP) is 1.32. The highest BCUT2D eigenvalue weighted by molar-refractivity contribution is 5.32. The molecule has 124 valence electrons. The van der Waals surface area contributed by atoms with E-state index in [-0.39, 0.29) is 0 Å². The fourth-order valence-electron chi connectivity index (χ4n) is 3.05. The minimum atomic E-state index is 0.402. The number of methoxy groups -OCH3 is 1. The second kappa shape index (κ2) is 6.95. The lowest BCUT2D eigenvalue weighted by Crippen LogP contribution is -2.46. The van der Waals surface area contributed by atoms with Gasteiger partial charge < -0.3 is 9.64 Å². The molecule has 0 aliphatic carbocycles. The Hall–Kier alpha value is -2.15. The van der Waals surface area contributed by atoms with E-state index in [1.165, 1.54) is 6.42 Å². The van der Waals surface area contributed by atoms with Crippen molar-refractivity contribution >= 4 is 5.95 Å². The maximum atomic E-state index is 5.20. The van der Waals surface area contributed by atoms with Crippen LogP contribution in [0.2, 0.25) is 0 Å². The predicted molar refractivity (Wildman–Crippen MR) is 88.5 cm³/mol. The molecule has 0 N–H and O–H groups in total. The quantitative estimate of drug-likeness (QED) is 0.829. The van der Waals surface area contributed by atoms with Crippen molar-refractivity contribution in [3.63, 3.8) is 0 Å². The van der Waals surface area contributed by atoms with Crippen molar-refractivity contribution in [3.8, 4) is 5.88 Å². The highest BCUT2D eigenvalue weighted by Crippen LogP contribution is 2.21. The standard InChI is InChI=1S/C16H24N6O/c1-20-10-7-13(19-20)11-22-9-4-5-14(12-22)21(2)16-17-8-6-15(18-16)23-3/h6-8,10,14H,4-5,9,11-12H2,1-3H3. The maximum Gasteiger partial charge on any atom is 0.228 e. The number of hydrogen-bond donors (Lipinski definition) is 0. The van der Waals surface area contributed by atoms with E-state index in [9.17, 15) is 0 Å². The van der Waals surface area contributed by atoms with Gasteiger partial charge in [-0.2, -0.15) is 10.1 Å².